The van der Waals surface area contributed by atoms with Gasteiger partial charge in [-0.3, -0.25) is 4.79 Å². The van der Waals surface area contributed by atoms with Gasteiger partial charge in [-0.05, 0) is 19.1 Å². The maximum absolute atomic E-state index is 10.9. The van der Waals surface area contributed by atoms with Crippen LogP contribution in [-0.2, 0) is 0 Å². The minimum absolute atomic E-state index is 0.192. The van der Waals surface area contributed by atoms with Crippen LogP contribution in [0.5, 0.6) is 0 Å². The van der Waals surface area contributed by atoms with Gasteiger partial charge in [0.1, 0.15) is 0 Å². The lowest BCUT2D eigenvalue weighted by Crippen LogP contribution is -2.09. The summed E-state index contributed by atoms with van der Waals surface area (Å²) in [6.07, 6.45) is 5.03. The van der Waals surface area contributed by atoms with Gasteiger partial charge in [-0.15, -0.1) is 6.42 Å². The largest absolute Gasteiger partial charge is 0.325 e. The van der Waals surface area contributed by atoms with Gasteiger partial charge in [0.25, 0.3) is 5.56 Å². The number of terminal acetylenes is 1. The third-order valence-corrected chi connectivity index (χ3v) is 1.21. The van der Waals surface area contributed by atoms with Gasteiger partial charge in [0.2, 0.25) is 0 Å². The van der Waals surface area contributed by atoms with Crippen molar-refractivity contribution in [1.29, 1.82) is 0 Å². The molecular weight excluding hydrogens is 126 g/mol. The smallest absolute Gasteiger partial charge is 0.263 e. The molecule has 0 atom stereocenters. The molecule has 0 aliphatic rings. The lowest BCUT2D eigenvalue weighted by Gasteiger charge is -1.90. The van der Waals surface area contributed by atoms with Crippen LogP contribution in [-0.4, -0.2) is 4.98 Å². The van der Waals surface area contributed by atoms with E-state index >= 15 is 0 Å². The van der Waals surface area contributed by atoms with Crippen molar-refractivity contribution in [1.82, 2.24) is 4.98 Å². The van der Waals surface area contributed by atoms with Crippen LogP contribution in [0.2, 0.25) is 0 Å². The van der Waals surface area contributed by atoms with E-state index in [9.17, 15) is 4.79 Å². The van der Waals surface area contributed by atoms with E-state index in [2.05, 4.69) is 10.9 Å². The number of nitrogens with one attached hydrogen (secondary N) is 1. The second-order valence-electron chi connectivity index (χ2n) is 2.03. The Morgan fingerprint density at radius 2 is 2.30 bits per heavy atom. The van der Waals surface area contributed by atoms with E-state index in [4.69, 9.17) is 6.42 Å². The molecule has 0 aliphatic heterocycles. The first-order chi connectivity index (χ1) is 4.74. The van der Waals surface area contributed by atoms with Crippen LogP contribution >= 0.6 is 0 Å². The highest BCUT2D eigenvalue weighted by Crippen LogP contribution is 1.89. The third kappa shape index (κ3) is 1.08. The first kappa shape index (κ1) is 6.63. The van der Waals surface area contributed by atoms with Crippen molar-refractivity contribution in [2.45, 2.75) is 6.92 Å². The van der Waals surface area contributed by atoms with Crippen molar-refractivity contribution in [3.05, 3.63) is 33.7 Å². The zero-order valence-electron chi connectivity index (χ0n) is 5.64. The molecule has 0 radical (unpaired) electrons. The molecule has 0 fully saturated rings. The highest BCUT2D eigenvalue weighted by atomic mass is 16.1. The number of hydrogen-bond acceptors (Lipinski definition) is 1. The number of H-pyrrole nitrogens is 1. The van der Waals surface area contributed by atoms with Gasteiger partial charge in [-0.1, -0.05) is 5.92 Å². The van der Waals surface area contributed by atoms with Crippen molar-refractivity contribution in [3.8, 4) is 12.3 Å². The molecular formula is C8H7NO. The molecule has 0 unspecified atom stereocenters. The third-order valence-electron chi connectivity index (χ3n) is 1.21. The average molecular weight is 133 g/mol. The standard InChI is InChI=1S/C8H7NO/c1-3-7-5-4-6(2)9-8(7)10/h1,4-5H,2H3,(H,9,10). The number of aromatic nitrogens is 1. The van der Waals surface area contributed by atoms with Crippen molar-refractivity contribution >= 4 is 0 Å². The number of pyridine rings is 1. The average Bonchev–Trinajstić information content (AvgIpc) is 1.88. The second kappa shape index (κ2) is 2.40. The molecule has 0 amide bonds. The number of aryl methyl sites for hydroxylation is 1. The number of aromatic amines is 1. The van der Waals surface area contributed by atoms with E-state index in [1.54, 1.807) is 12.1 Å². The normalized spacial score (nSPS) is 8.80. The number of hydrogen-bond donors (Lipinski definition) is 1. The predicted molar refractivity (Wildman–Crippen MR) is 39.7 cm³/mol. The van der Waals surface area contributed by atoms with Crippen LogP contribution < -0.4 is 5.56 Å². The first-order valence-electron chi connectivity index (χ1n) is 2.90. The van der Waals surface area contributed by atoms with Gasteiger partial charge in [0, 0.05) is 5.69 Å². The zero-order valence-corrected chi connectivity index (χ0v) is 5.64. The molecule has 1 aromatic heterocycles. The van der Waals surface area contributed by atoms with Crippen LogP contribution in [0.1, 0.15) is 11.3 Å². The van der Waals surface area contributed by atoms with E-state index in [0.29, 0.717) is 5.56 Å². The van der Waals surface area contributed by atoms with Crippen molar-refractivity contribution in [3.63, 3.8) is 0 Å². The summed E-state index contributed by atoms with van der Waals surface area (Å²) in [5.74, 6) is 2.28. The fourth-order valence-corrected chi connectivity index (χ4v) is 0.686. The summed E-state index contributed by atoms with van der Waals surface area (Å²) in [6.45, 7) is 1.81. The fraction of sp³-hybridized carbons (Fsp3) is 0.125. The van der Waals surface area contributed by atoms with E-state index in [1.165, 1.54) is 0 Å². The van der Waals surface area contributed by atoms with Crippen LogP contribution in [0.15, 0.2) is 16.9 Å². The van der Waals surface area contributed by atoms with Gasteiger partial charge in [0.05, 0.1) is 5.56 Å². The maximum atomic E-state index is 10.9. The molecule has 2 heteroatoms. The van der Waals surface area contributed by atoms with Gasteiger partial charge >= 0.3 is 0 Å². The van der Waals surface area contributed by atoms with Crippen LogP contribution in [0, 0.1) is 19.3 Å². The molecule has 1 aromatic rings. The molecule has 0 spiro atoms. The monoisotopic (exact) mass is 133 g/mol. The van der Waals surface area contributed by atoms with Gasteiger partial charge in [-0.2, -0.15) is 0 Å². The number of rotatable bonds is 0. The highest BCUT2D eigenvalue weighted by Gasteiger charge is 1.92. The van der Waals surface area contributed by atoms with E-state index in [-0.39, 0.29) is 5.56 Å². The van der Waals surface area contributed by atoms with Crippen molar-refractivity contribution < 1.29 is 0 Å². The molecule has 2 nitrogen and oxygen atoms in total. The first-order valence-corrected chi connectivity index (χ1v) is 2.90. The molecule has 1 rings (SSSR count). The molecule has 1 N–H and O–H groups in total. The summed E-state index contributed by atoms with van der Waals surface area (Å²) in [6, 6.07) is 3.41. The Kier molecular flexibility index (Phi) is 1.59. The molecule has 0 aromatic carbocycles. The summed E-state index contributed by atoms with van der Waals surface area (Å²) in [5.41, 5.74) is 1.01. The summed E-state index contributed by atoms with van der Waals surface area (Å²) < 4.78 is 0. The lowest BCUT2D eigenvalue weighted by molar-refractivity contribution is 1.13. The molecule has 1 heterocycles. The second-order valence-corrected chi connectivity index (χ2v) is 2.03. The van der Waals surface area contributed by atoms with Gasteiger partial charge in [0.15, 0.2) is 0 Å². The maximum Gasteiger partial charge on any atom is 0.263 e. The summed E-state index contributed by atoms with van der Waals surface area (Å²) in [7, 11) is 0. The Morgan fingerprint density at radius 1 is 1.60 bits per heavy atom. The SMILES string of the molecule is C#Cc1ccc(C)[nH]c1=O. The predicted octanol–water partition coefficient (Wildman–Crippen LogP) is 0.665. The minimum atomic E-state index is -0.192. The van der Waals surface area contributed by atoms with Crippen LogP contribution in [0.3, 0.4) is 0 Å². The lowest BCUT2D eigenvalue weighted by atomic mass is 10.3. The van der Waals surface area contributed by atoms with E-state index < -0.39 is 0 Å². The Labute approximate surface area is 58.9 Å². The molecule has 0 saturated carbocycles. The Balaban J connectivity index is 3.38. The quantitative estimate of drug-likeness (QED) is 0.518. The van der Waals surface area contributed by atoms with E-state index in [1.807, 2.05) is 6.92 Å². The minimum Gasteiger partial charge on any atom is -0.325 e. The topological polar surface area (TPSA) is 32.9 Å². The molecule has 0 saturated heterocycles. The van der Waals surface area contributed by atoms with Crippen molar-refractivity contribution in [2.75, 3.05) is 0 Å². The Bertz CT molecular complexity index is 330. The summed E-state index contributed by atoms with van der Waals surface area (Å²) in [5, 5.41) is 0. The molecule has 10 heavy (non-hydrogen) atoms. The highest BCUT2D eigenvalue weighted by molar-refractivity contribution is 5.29. The van der Waals surface area contributed by atoms with Crippen molar-refractivity contribution in [2.24, 2.45) is 0 Å². The van der Waals surface area contributed by atoms with Gasteiger partial charge in [-0.25, -0.2) is 0 Å². The zero-order chi connectivity index (χ0) is 7.56. The molecule has 0 bridgehead atoms. The van der Waals surface area contributed by atoms with Gasteiger partial charge < -0.3 is 4.98 Å². The Morgan fingerprint density at radius 3 is 2.80 bits per heavy atom. The summed E-state index contributed by atoms with van der Waals surface area (Å²) >= 11 is 0. The van der Waals surface area contributed by atoms with E-state index in [0.717, 1.165) is 5.69 Å². The molecule has 0 aliphatic carbocycles. The fourth-order valence-electron chi connectivity index (χ4n) is 0.686. The van der Waals surface area contributed by atoms with Crippen LogP contribution in [0.25, 0.3) is 0 Å². The Hall–Kier alpha value is -1.49. The molecule has 50 valence electrons. The summed E-state index contributed by atoms with van der Waals surface area (Å²) in [4.78, 5) is 13.5. The van der Waals surface area contributed by atoms with Crippen LogP contribution in [0.4, 0.5) is 0 Å².